The normalized spacial score (nSPS) is 10.5. The molecule has 2 aromatic rings. The summed E-state index contributed by atoms with van der Waals surface area (Å²) >= 11 is 0. The fraction of sp³-hybridized carbons (Fsp3) is 0.353. The van der Waals surface area contributed by atoms with Crippen molar-refractivity contribution < 1.29 is 9.66 Å². The molecule has 0 aliphatic heterocycles. The zero-order valence-corrected chi connectivity index (χ0v) is 13.3. The van der Waals surface area contributed by atoms with Gasteiger partial charge in [-0.25, -0.2) is 0 Å². The summed E-state index contributed by atoms with van der Waals surface area (Å²) in [5.74, 6) is 0.857. The summed E-state index contributed by atoms with van der Waals surface area (Å²) in [5, 5.41) is 10.9. The molecule has 1 heterocycles. The lowest BCUT2D eigenvalue weighted by molar-refractivity contribution is -0.385. The van der Waals surface area contributed by atoms with E-state index < -0.39 is 4.92 Å². The summed E-state index contributed by atoms with van der Waals surface area (Å²) < 4.78 is 7.08. The highest BCUT2D eigenvalue weighted by atomic mass is 16.6. The Labute approximate surface area is 134 Å². The van der Waals surface area contributed by atoms with Gasteiger partial charge in [0.05, 0.1) is 17.7 Å². The third kappa shape index (κ3) is 4.42. The van der Waals surface area contributed by atoms with Gasteiger partial charge in [-0.05, 0) is 38.3 Å². The molecule has 0 unspecified atom stereocenters. The third-order valence-electron chi connectivity index (χ3n) is 3.65. The number of benzene rings is 1. The second kappa shape index (κ2) is 7.58. The van der Waals surface area contributed by atoms with Gasteiger partial charge in [-0.15, -0.1) is 0 Å². The molecule has 0 spiro atoms. The molecule has 0 amide bonds. The van der Waals surface area contributed by atoms with E-state index in [2.05, 4.69) is 0 Å². The molecule has 23 heavy (non-hydrogen) atoms. The molecule has 1 aromatic carbocycles. The predicted octanol–water partition coefficient (Wildman–Crippen LogP) is 3.23. The Balaban J connectivity index is 1.87. The van der Waals surface area contributed by atoms with Crippen molar-refractivity contribution in [2.75, 3.05) is 6.61 Å². The van der Waals surface area contributed by atoms with Crippen LogP contribution in [0.25, 0.3) is 0 Å². The smallest absolute Gasteiger partial charge is 0.288 e. The molecule has 0 N–H and O–H groups in total. The summed E-state index contributed by atoms with van der Waals surface area (Å²) in [4.78, 5) is 22.3. The van der Waals surface area contributed by atoms with Crippen LogP contribution in [0.4, 0.5) is 5.69 Å². The molecule has 0 saturated heterocycles. The van der Waals surface area contributed by atoms with Gasteiger partial charge >= 0.3 is 0 Å². The highest BCUT2D eigenvalue weighted by molar-refractivity contribution is 5.35. The van der Waals surface area contributed by atoms with Gasteiger partial charge in [0, 0.05) is 18.2 Å². The lowest BCUT2D eigenvalue weighted by Crippen LogP contribution is -2.20. The Morgan fingerprint density at radius 2 is 1.91 bits per heavy atom. The largest absolute Gasteiger partial charge is 0.493 e. The van der Waals surface area contributed by atoms with Crippen LogP contribution >= 0.6 is 0 Å². The number of nitro groups is 1. The molecule has 1 aromatic heterocycles. The van der Waals surface area contributed by atoms with Crippen LogP contribution in [0, 0.1) is 24.0 Å². The van der Waals surface area contributed by atoms with Gasteiger partial charge in [-0.2, -0.15) is 0 Å². The zero-order chi connectivity index (χ0) is 16.8. The number of aromatic nitrogens is 1. The first-order valence-electron chi connectivity index (χ1n) is 7.53. The van der Waals surface area contributed by atoms with Crippen LogP contribution < -0.4 is 10.3 Å². The lowest BCUT2D eigenvalue weighted by Gasteiger charge is -2.09. The highest BCUT2D eigenvalue weighted by Crippen LogP contribution is 2.17. The summed E-state index contributed by atoms with van der Waals surface area (Å²) in [7, 11) is 0. The molecule has 6 heteroatoms. The number of hydrogen-bond donors (Lipinski definition) is 0. The van der Waals surface area contributed by atoms with Crippen molar-refractivity contribution in [1.29, 1.82) is 0 Å². The van der Waals surface area contributed by atoms with E-state index in [9.17, 15) is 14.9 Å². The lowest BCUT2D eigenvalue weighted by atomic mass is 10.2. The average molecular weight is 316 g/mol. The van der Waals surface area contributed by atoms with Crippen molar-refractivity contribution in [3.05, 3.63) is 68.1 Å². The van der Waals surface area contributed by atoms with Crippen molar-refractivity contribution in [3.8, 4) is 5.75 Å². The quantitative estimate of drug-likeness (QED) is 0.446. The molecule has 0 aliphatic carbocycles. The highest BCUT2D eigenvalue weighted by Gasteiger charge is 2.12. The molecular weight excluding hydrogens is 296 g/mol. The van der Waals surface area contributed by atoms with Gasteiger partial charge < -0.3 is 9.30 Å². The monoisotopic (exact) mass is 316 g/mol. The molecular formula is C17H20N2O4. The summed E-state index contributed by atoms with van der Waals surface area (Å²) in [6.07, 6.45) is 2.80. The summed E-state index contributed by atoms with van der Waals surface area (Å²) in [6.45, 7) is 4.55. The minimum absolute atomic E-state index is 0.0271. The van der Waals surface area contributed by atoms with E-state index in [1.165, 1.54) is 16.8 Å². The topological polar surface area (TPSA) is 74.4 Å². The summed E-state index contributed by atoms with van der Waals surface area (Å²) in [6, 6.07) is 9.09. The van der Waals surface area contributed by atoms with Crippen LogP contribution in [0.1, 0.15) is 24.0 Å². The maximum absolute atomic E-state index is 11.9. The van der Waals surface area contributed by atoms with Crippen molar-refractivity contribution in [3.63, 3.8) is 0 Å². The Hall–Kier alpha value is -2.63. The van der Waals surface area contributed by atoms with E-state index in [0.29, 0.717) is 25.1 Å². The number of unbranched alkanes of at least 4 members (excludes halogenated alkanes) is 1. The molecule has 0 bridgehead atoms. The number of aryl methyl sites for hydroxylation is 3. The van der Waals surface area contributed by atoms with Crippen molar-refractivity contribution in [2.45, 2.75) is 33.2 Å². The maximum atomic E-state index is 11.9. The molecule has 0 radical (unpaired) electrons. The minimum atomic E-state index is -0.466. The summed E-state index contributed by atoms with van der Waals surface area (Å²) in [5.41, 5.74) is 1.23. The van der Waals surface area contributed by atoms with E-state index >= 15 is 0 Å². The number of ether oxygens (including phenoxy) is 1. The van der Waals surface area contributed by atoms with E-state index in [0.717, 1.165) is 17.7 Å². The molecule has 0 fully saturated rings. The van der Waals surface area contributed by atoms with Crippen molar-refractivity contribution in [2.24, 2.45) is 0 Å². The Morgan fingerprint density at radius 3 is 2.61 bits per heavy atom. The van der Waals surface area contributed by atoms with E-state index in [1.54, 1.807) is 6.92 Å². The number of para-hydroxylation sites is 1. The van der Waals surface area contributed by atoms with Gasteiger partial charge in [-0.1, -0.05) is 18.2 Å². The molecule has 122 valence electrons. The van der Waals surface area contributed by atoms with Crippen molar-refractivity contribution >= 4 is 5.69 Å². The van der Waals surface area contributed by atoms with Crippen LogP contribution in [0.3, 0.4) is 0 Å². The molecule has 2 rings (SSSR count). The average Bonchev–Trinajstić information content (AvgIpc) is 2.50. The van der Waals surface area contributed by atoms with Crippen molar-refractivity contribution in [1.82, 2.24) is 4.57 Å². The fourth-order valence-electron chi connectivity index (χ4n) is 2.31. The van der Waals surface area contributed by atoms with E-state index in [4.69, 9.17) is 4.74 Å². The number of rotatable bonds is 7. The maximum Gasteiger partial charge on any atom is 0.288 e. The van der Waals surface area contributed by atoms with E-state index in [-0.39, 0.29) is 11.2 Å². The Bertz CT molecular complexity index is 752. The number of hydrogen-bond acceptors (Lipinski definition) is 4. The first-order chi connectivity index (χ1) is 11.0. The van der Waals surface area contributed by atoms with Gasteiger partial charge in [0.2, 0.25) is 0 Å². The Kier molecular flexibility index (Phi) is 5.51. The van der Waals surface area contributed by atoms with Gasteiger partial charge in [0.1, 0.15) is 5.75 Å². The van der Waals surface area contributed by atoms with Crippen LogP contribution in [0.2, 0.25) is 0 Å². The minimum Gasteiger partial charge on any atom is -0.493 e. The number of nitrogens with zero attached hydrogens (tertiary/aromatic N) is 2. The molecule has 0 saturated carbocycles. The SMILES string of the molecule is Cc1ccccc1OCCCCn1cc([N+](=O)[O-])c(C)cc1=O. The zero-order valence-electron chi connectivity index (χ0n) is 13.3. The van der Waals surface area contributed by atoms with Crippen LogP contribution in [-0.4, -0.2) is 16.1 Å². The molecule has 6 nitrogen and oxygen atoms in total. The molecule has 0 atom stereocenters. The van der Waals surface area contributed by atoms with Crippen LogP contribution in [0.15, 0.2) is 41.3 Å². The standard InChI is InChI=1S/C17H20N2O4/c1-13-7-3-4-8-16(13)23-10-6-5-9-18-12-15(19(21)22)14(2)11-17(18)20/h3-4,7-8,11-12H,5-6,9-10H2,1-2H3. The fourth-order valence-corrected chi connectivity index (χ4v) is 2.31. The Morgan fingerprint density at radius 1 is 1.17 bits per heavy atom. The van der Waals surface area contributed by atoms with Gasteiger partial charge in [0.25, 0.3) is 11.2 Å². The third-order valence-corrected chi connectivity index (χ3v) is 3.65. The van der Waals surface area contributed by atoms with Gasteiger partial charge in [0.15, 0.2) is 0 Å². The second-order valence-electron chi connectivity index (χ2n) is 5.45. The second-order valence-corrected chi connectivity index (χ2v) is 5.45. The first kappa shape index (κ1) is 16.7. The number of pyridine rings is 1. The first-order valence-corrected chi connectivity index (χ1v) is 7.53. The molecule has 0 aliphatic rings. The van der Waals surface area contributed by atoms with E-state index in [1.807, 2.05) is 31.2 Å². The van der Waals surface area contributed by atoms with Gasteiger partial charge in [-0.3, -0.25) is 14.9 Å². The van der Waals surface area contributed by atoms with Crippen LogP contribution in [-0.2, 0) is 6.54 Å². The van der Waals surface area contributed by atoms with Crippen LogP contribution in [0.5, 0.6) is 5.75 Å². The predicted molar refractivity (Wildman–Crippen MR) is 88.0 cm³/mol.